The van der Waals surface area contributed by atoms with Crippen LogP contribution in [-0.2, 0) is 0 Å². The molecule has 1 aliphatic rings. The first-order valence-corrected chi connectivity index (χ1v) is 17.6. The van der Waals surface area contributed by atoms with Crippen molar-refractivity contribution < 1.29 is 0 Å². The summed E-state index contributed by atoms with van der Waals surface area (Å²) >= 11 is 4.13. The molecule has 3 rings (SSSR count). The number of hydrogen-bond acceptors (Lipinski definition) is 1. The fourth-order valence-corrected chi connectivity index (χ4v) is 15.1. The monoisotopic (exact) mass is 377 g/mol. The molecular formula is C17H22ClGeNSi. The van der Waals surface area contributed by atoms with Gasteiger partial charge in [0.15, 0.2) is 0 Å². The van der Waals surface area contributed by atoms with Crippen molar-refractivity contribution in [2.45, 2.75) is 38.1 Å². The number of rotatable bonds is 1. The number of aromatic nitrogens is 1. The molecular weight excluding hydrogens is 354 g/mol. The summed E-state index contributed by atoms with van der Waals surface area (Å²) in [4.78, 5) is 4.35. The molecule has 0 aliphatic carbocycles. The van der Waals surface area contributed by atoms with Crippen LogP contribution in [0.4, 0.5) is 0 Å². The summed E-state index contributed by atoms with van der Waals surface area (Å²) in [5, 5.41) is 2.32. The fraction of sp³-hybridized carbons (Fsp3) is 0.353. The Balaban J connectivity index is 2.38. The summed E-state index contributed by atoms with van der Waals surface area (Å²) in [6.07, 6.45) is 1.84. The maximum absolute atomic E-state index is 6.47. The molecule has 0 atom stereocenters. The van der Waals surface area contributed by atoms with E-state index in [2.05, 4.69) is 61.3 Å². The van der Waals surface area contributed by atoms with Gasteiger partial charge in [0, 0.05) is 0 Å². The van der Waals surface area contributed by atoms with Gasteiger partial charge in [-0.2, -0.15) is 0 Å². The quantitative estimate of drug-likeness (QED) is 0.549. The van der Waals surface area contributed by atoms with Crippen molar-refractivity contribution in [3.63, 3.8) is 0 Å². The molecule has 4 heteroatoms. The molecule has 1 aromatic carbocycles. The Morgan fingerprint density at radius 3 is 2.24 bits per heavy atom. The number of pyridine rings is 1. The van der Waals surface area contributed by atoms with E-state index in [0.717, 1.165) is 5.15 Å². The minimum atomic E-state index is -2.34. The zero-order valence-corrected chi connectivity index (χ0v) is 17.5. The zero-order chi connectivity index (χ0) is 15.6. The van der Waals surface area contributed by atoms with E-state index in [9.17, 15) is 0 Å². The van der Waals surface area contributed by atoms with Gasteiger partial charge < -0.3 is 0 Å². The molecule has 1 aromatic heterocycles. The molecule has 0 bridgehead atoms. The first-order chi connectivity index (χ1) is 9.65. The summed E-state index contributed by atoms with van der Waals surface area (Å²) < 4.78 is 2.99. The molecule has 2 aromatic rings. The van der Waals surface area contributed by atoms with Crippen LogP contribution in [0.5, 0.6) is 0 Å². The third-order valence-corrected chi connectivity index (χ3v) is 15.2. The second-order valence-corrected chi connectivity index (χ2v) is 21.9. The Morgan fingerprint density at radius 1 is 1.00 bits per heavy atom. The van der Waals surface area contributed by atoms with E-state index < -0.39 is 21.3 Å². The molecule has 0 unspecified atom stereocenters. The van der Waals surface area contributed by atoms with Crippen LogP contribution >= 0.6 is 11.6 Å². The van der Waals surface area contributed by atoms with Gasteiger partial charge in [-0.3, -0.25) is 0 Å². The fourth-order valence-electron chi connectivity index (χ4n) is 3.93. The number of halogens is 1. The average molecular weight is 377 g/mol. The molecule has 0 saturated carbocycles. The molecule has 0 fully saturated rings. The van der Waals surface area contributed by atoms with E-state index in [1.54, 1.807) is 9.58 Å². The van der Waals surface area contributed by atoms with Crippen LogP contribution in [0.3, 0.4) is 0 Å². The topological polar surface area (TPSA) is 12.9 Å². The van der Waals surface area contributed by atoms with Crippen LogP contribution in [0, 0.1) is 6.92 Å². The van der Waals surface area contributed by atoms with Crippen LogP contribution in [0.15, 0.2) is 24.4 Å². The van der Waals surface area contributed by atoms with Crippen LogP contribution in [0.2, 0.25) is 36.3 Å². The molecule has 0 saturated heterocycles. The SMILES string of the molecule is Cc1c([Si](C)(C)C)ccc2[c]1[Ge]([CH3])([CH3])[c]1c-2ccnc1Cl. The third-order valence-electron chi connectivity index (χ3n) is 4.72. The summed E-state index contributed by atoms with van der Waals surface area (Å²) in [6, 6.07) is 6.85. The molecule has 2 heterocycles. The molecule has 1 aliphatic heterocycles. The van der Waals surface area contributed by atoms with Gasteiger partial charge >= 0.3 is 136 Å². The summed E-state index contributed by atoms with van der Waals surface area (Å²) in [6.45, 7) is 9.61. The van der Waals surface area contributed by atoms with Gasteiger partial charge in [-0.15, -0.1) is 0 Å². The normalized spacial score (nSPS) is 15.8. The van der Waals surface area contributed by atoms with Gasteiger partial charge in [-0.05, 0) is 0 Å². The molecule has 21 heavy (non-hydrogen) atoms. The molecule has 110 valence electrons. The van der Waals surface area contributed by atoms with Crippen LogP contribution in [0.1, 0.15) is 5.56 Å². The Kier molecular flexibility index (Phi) is 3.43. The molecule has 1 nitrogen and oxygen atoms in total. The van der Waals surface area contributed by atoms with E-state index in [1.807, 2.05) is 6.20 Å². The van der Waals surface area contributed by atoms with Crippen molar-refractivity contribution in [1.29, 1.82) is 0 Å². The molecule has 0 amide bonds. The average Bonchev–Trinajstić information content (AvgIpc) is 2.58. The first kappa shape index (κ1) is 15.3. The number of fused-ring (bicyclic) bond motifs is 3. The van der Waals surface area contributed by atoms with Gasteiger partial charge in [0.05, 0.1) is 0 Å². The number of benzene rings is 1. The Morgan fingerprint density at radius 2 is 1.62 bits per heavy atom. The van der Waals surface area contributed by atoms with Crippen molar-refractivity contribution >= 4 is 46.9 Å². The summed E-state index contributed by atoms with van der Waals surface area (Å²) in [7, 11) is -1.32. The van der Waals surface area contributed by atoms with E-state index in [4.69, 9.17) is 11.6 Å². The number of hydrogen-bond donors (Lipinski definition) is 0. The van der Waals surface area contributed by atoms with Crippen molar-refractivity contribution in [2.75, 3.05) is 0 Å². The van der Waals surface area contributed by atoms with Gasteiger partial charge in [-0.25, -0.2) is 0 Å². The van der Waals surface area contributed by atoms with Crippen molar-refractivity contribution in [3.8, 4) is 11.1 Å². The molecule has 0 N–H and O–H groups in total. The first-order valence-electron chi connectivity index (χ1n) is 7.45. The zero-order valence-electron chi connectivity index (χ0n) is 13.6. The predicted octanol–water partition coefficient (Wildman–Crippen LogP) is 3.39. The van der Waals surface area contributed by atoms with Gasteiger partial charge in [0.2, 0.25) is 0 Å². The van der Waals surface area contributed by atoms with Crippen molar-refractivity contribution in [1.82, 2.24) is 4.98 Å². The molecule has 0 radical (unpaired) electrons. The van der Waals surface area contributed by atoms with Crippen LogP contribution in [-0.4, -0.2) is 26.3 Å². The summed E-state index contributed by atoms with van der Waals surface area (Å²) in [5.74, 6) is 4.92. The maximum atomic E-state index is 6.47. The summed E-state index contributed by atoms with van der Waals surface area (Å²) in [5.41, 5.74) is 4.28. The van der Waals surface area contributed by atoms with Crippen molar-refractivity contribution in [2.24, 2.45) is 0 Å². The second kappa shape index (κ2) is 4.71. The van der Waals surface area contributed by atoms with E-state index in [0.29, 0.717) is 0 Å². The Hall–Kier alpha value is -0.580. The Bertz CT molecular complexity index is 747. The van der Waals surface area contributed by atoms with E-state index >= 15 is 0 Å². The second-order valence-electron chi connectivity index (χ2n) is 7.56. The van der Waals surface area contributed by atoms with Crippen LogP contribution in [0.25, 0.3) is 11.1 Å². The standard InChI is InChI=1S/C17H22ClGeNSi/c1-11-14(21(4,5)6)8-7-12-13-9-10-20-17(18)16(13)19(2,3)15(11)12/h7-10H,1-6H3. The van der Waals surface area contributed by atoms with Gasteiger partial charge in [0.25, 0.3) is 0 Å². The van der Waals surface area contributed by atoms with Crippen LogP contribution < -0.4 is 14.0 Å². The van der Waals surface area contributed by atoms with Gasteiger partial charge in [-0.1, -0.05) is 0 Å². The number of nitrogens with zero attached hydrogens (tertiary/aromatic N) is 1. The molecule has 0 spiro atoms. The van der Waals surface area contributed by atoms with E-state index in [1.165, 1.54) is 21.1 Å². The van der Waals surface area contributed by atoms with Gasteiger partial charge in [0.1, 0.15) is 0 Å². The van der Waals surface area contributed by atoms with Crippen molar-refractivity contribution in [3.05, 3.63) is 35.1 Å². The van der Waals surface area contributed by atoms with E-state index in [-0.39, 0.29) is 0 Å². The minimum absolute atomic E-state index is 0.725. The third kappa shape index (κ3) is 2.14. The Labute approximate surface area is 136 Å². The predicted molar refractivity (Wildman–Crippen MR) is 99.2 cm³/mol.